The van der Waals surface area contributed by atoms with Crippen LogP contribution in [0.5, 0.6) is 0 Å². The summed E-state index contributed by atoms with van der Waals surface area (Å²) < 4.78 is 0. The van der Waals surface area contributed by atoms with E-state index < -0.39 is 0 Å². The third-order valence-corrected chi connectivity index (χ3v) is 4.54. The molecule has 3 nitrogen and oxygen atoms in total. The molecule has 0 bridgehead atoms. The van der Waals surface area contributed by atoms with E-state index in [1.807, 2.05) is 0 Å². The average molecular weight is 267 g/mol. The van der Waals surface area contributed by atoms with Gasteiger partial charge in [0, 0.05) is 24.4 Å². The van der Waals surface area contributed by atoms with Gasteiger partial charge in [-0.3, -0.25) is 4.79 Å². The van der Waals surface area contributed by atoms with Crippen molar-refractivity contribution >= 4 is 12.1 Å². The van der Waals surface area contributed by atoms with Gasteiger partial charge in [-0.15, -0.1) is 0 Å². The van der Waals surface area contributed by atoms with Gasteiger partial charge in [0.1, 0.15) is 12.1 Å². The normalized spacial score (nSPS) is 25.4. The van der Waals surface area contributed by atoms with E-state index in [9.17, 15) is 9.59 Å². The van der Waals surface area contributed by atoms with Gasteiger partial charge in [-0.2, -0.15) is 0 Å². The van der Waals surface area contributed by atoms with Crippen LogP contribution in [0, 0.1) is 23.7 Å². The summed E-state index contributed by atoms with van der Waals surface area (Å²) in [7, 11) is 0. The summed E-state index contributed by atoms with van der Waals surface area (Å²) in [4.78, 5) is 22.3. The van der Waals surface area contributed by atoms with Gasteiger partial charge in [0.2, 0.25) is 0 Å². The molecule has 19 heavy (non-hydrogen) atoms. The number of ketones is 1. The lowest BCUT2D eigenvalue weighted by Crippen LogP contribution is -2.21. The number of carbonyl (C=O) groups excluding carboxylic acids is 2. The van der Waals surface area contributed by atoms with Crippen LogP contribution in [0.15, 0.2) is 0 Å². The smallest absolute Gasteiger partial charge is 0.133 e. The van der Waals surface area contributed by atoms with E-state index >= 15 is 0 Å². The molecule has 4 atom stereocenters. The number of hydrogen-bond acceptors (Lipinski definition) is 3. The second-order valence-corrected chi connectivity index (χ2v) is 6.72. The molecule has 0 spiro atoms. The predicted octanol–water partition coefficient (Wildman–Crippen LogP) is 2.83. The Hall–Kier alpha value is -0.700. The number of hydrogen-bond donors (Lipinski definition) is 1. The maximum absolute atomic E-state index is 11.6. The van der Waals surface area contributed by atoms with Gasteiger partial charge in [0.25, 0.3) is 0 Å². The van der Waals surface area contributed by atoms with Crippen LogP contribution in [0.3, 0.4) is 0 Å². The molecule has 0 aromatic heterocycles. The first-order chi connectivity index (χ1) is 8.86. The summed E-state index contributed by atoms with van der Waals surface area (Å²) in [6.45, 7) is 10.3. The Labute approximate surface area is 117 Å². The minimum Gasteiger partial charge on any atom is -0.308 e. The van der Waals surface area contributed by atoms with E-state index in [-0.39, 0.29) is 5.92 Å². The van der Waals surface area contributed by atoms with E-state index in [1.165, 1.54) is 0 Å². The van der Waals surface area contributed by atoms with Crippen LogP contribution in [0.25, 0.3) is 0 Å². The van der Waals surface area contributed by atoms with Gasteiger partial charge in [-0.05, 0) is 37.5 Å². The van der Waals surface area contributed by atoms with Crippen LogP contribution < -0.4 is 5.32 Å². The fraction of sp³-hybridized carbons (Fsp3) is 0.875. The Morgan fingerprint density at radius 2 is 1.68 bits per heavy atom. The number of nitrogens with one attached hydrogen (secondary N) is 1. The highest BCUT2D eigenvalue weighted by molar-refractivity contribution is 5.78. The average Bonchev–Trinajstić information content (AvgIpc) is 3.02. The molecule has 0 aliphatic carbocycles. The minimum atomic E-state index is 0.172. The highest BCUT2D eigenvalue weighted by Crippen LogP contribution is 2.31. The van der Waals surface area contributed by atoms with Crippen molar-refractivity contribution in [2.24, 2.45) is 23.7 Å². The summed E-state index contributed by atoms with van der Waals surface area (Å²) in [6, 6.07) is 0.983. The number of aldehydes is 1. The second kappa shape index (κ2) is 7.18. The maximum atomic E-state index is 11.6. The summed E-state index contributed by atoms with van der Waals surface area (Å²) in [5, 5.41) is 3.48. The van der Waals surface area contributed by atoms with Crippen LogP contribution in [-0.2, 0) is 9.59 Å². The molecule has 110 valence electrons. The van der Waals surface area contributed by atoms with E-state index in [0.717, 1.165) is 19.1 Å². The van der Waals surface area contributed by atoms with Gasteiger partial charge >= 0.3 is 0 Å². The molecular formula is C16H29NO2. The zero-order valence-electron chi connectivity index (χ0n) is 13.0. The predicted molar refractivity (Wildman–Crippen MR) is 78.0 cm³/mol. The standard InChI is InChI=1S/C16H29NO2/c1-10(2)13(6-7-18)8-15-16(17-15)9-14(11(3)4)12(5)19/h7,10-11,13-17H,6,8-9H2,1-5H3/t13-,14-,15-,16+/m0/s1. The Morgan fingerprint density at radius 3 is 2.11 bits per heavy atom. The van der Waals surface area contributed by atoms with E-state index in [4.69, 9.17) is 0 Å². The van der Waals surface area contributed by atoms with E-state index in [0.29, 0.717) is 42.0 Å². The van der Waals surface area contributed by atoms with Crippen molar-refractivity contribution in [3.8, 4) is 0 Å². The lowest BCUT2D eigenvalue weighted by molar-refractivity contribution is -0.122. The van der Waals surface area contributed by atoms with Gasteiger partial charge in [0.15, 0.2) is 0 Å². The Morgan fingerprint density at radius 1 is 1.11 bits per heavy atom. The van der Waals surface area contributed by atoms with E-state index in [1.54, 1.807) is 6.92 Å². The minimum absolute atomic E-state index is 0.172. The van der Waals surface area contributed by atoms with Crippen LogP contribution in [0.4, 0.5) is 0 Å². The lowest BCUT2D eigenvalue weighted by Gasteiger charge is -2.19. The Bertz CT molecular complexity index is 312. The van der Waals surface area contributed by atoms with E-state index in [2.05, 4.69) is 33.0 Å². The van der Waals surface area contributed by atoms with Crippen molar-refractivity contribution in [1.29, 1.82) is 0 Å². The first kappa shape index (κ1) is 16.4. The number of rotatable bonds is 9. The fourth-order valence-corrected chi connectivity index (χ4v) is 2.96. The van der Waals surface area contributed by atoms with Crippen molar-refractivity contribution < 1.29 is 9.59 Å². The summed E-state index contributed by atoms with van der Waals surface area (Å²) in [6.07, 6.45) is 3.70. The summed E-state index contributed by atoms with van der Waals surface area (Å²) >= 11 is 0. The van der Waals surface area contributed by atoms with Gasteiger partial charge in [-0.1, -0.05) is 27.7 Å². The lowest BCUT2D eigenvalue weighted by atomic mass is 9.84. The van der Waals surface area contributed by atoms with Crippen molar-refractivity contribution in [2.75, 3.05) is 0 Å². The third-order valence-electron chi connectivity index (χ3n) is 4.54. The monoisotopic (exact) mass is 267 g/mol. The van der Waals surface area contributed by atoms with Crippen LogP contribution in [0.1, 0.15) is 53.9 Å². The molecular weight excluding hydrogens is 238 g/mol. The van der Waals surface area contributed by atoms with Crippen LogP contribution in [0.2, 0.25) is 0 Å². The first-order valence-corrected chi connectivity index (χ1v) is 7.56. The highest BCUT2D eigenvalue weighted by atomic mass is 16.1. The Balaban J connectivity index is 2.41. The summed E-state index contributed by atoms with van der Waals surface area (Å²) in [5.74, 6) is 1.90. The molecule has 1 rings (SSSR count). The van der Waals surface area contributed by atoms with Crippen molar-refractivity contribution in [1.82, 2.24) is 5.32 Å². The molecule has 1 aliphatic heterocycles. The quantitative estimate of drug-likeness (QED) is 0.516. The molecule has 1 aliphatic rings. The highest BCUT2D eigenvalue weighted by Gasteiger charge is 2.40. The fourth-order valence-electron chi connectivity index (χ4n) is 2.96. The van der Waals surface area contributed by atoms with Gasteiger partial charge in [-0.25, -0.2) is 0 Å². The Kier molecular flexibility index (Phi) is 6.18. The molecule has 3 heteroatoms. The number of carbonyl (C=O) groups is 2. The molecule has 0 amide bonds. The zero-order chi connectivity index (χ0) is 14.6. The third kappa shape index (κ3) is 5.06. The van der Waals surface area contributed by atoms with Crippen molar-refractivity contribution in [3.63, 3.8) is 0 Å². The molecule has 0 aromatic rings. The van der Waals surface area contributed by atoms with Gasteiger partial charge in [0.05, 0.1) is 0 Å². The van der Waals surface area contributed by atoms with Crippen LogP contribution in [-0.4, -0.2) is 24.2 Å². The zero-order valence-corrected chi connectivity index (χ0v) is 13.0. The molecule has 1 heterocycles. The van der Waals surface area contributed by atoms with Crippen molar-refractivity contribution in [2.45, 2.75) is 66.0 Å². The second-order valence-electron chi connectivity index (χ2n) is 6.72. The van der Waals surface area contributed by atoms with Crippen molar-refractivity contribution in [3.05, 3.63) is 0 Å². The summed E-state index contributed by atoms with van der Waals surface area (Å²) in [5.41, 5.74) is 0. The molecule has 1 fully saturated rings. The molecule has 0 aromatic carbocycles. The molecule has 0 saturated carbocycles. The molecule has 0 unspecified atom stereocenters. The van der Waals surface area contributed by atoms with Crippen LogP contribution >= 0.6 is 0 Å². The first-order valence-electron chi connectivity index (χ1n) is 7.56. The number of Topliss-reactive ketones (excluding diaryl/α,β-unsaturated/α-hetero) is 1. The molecule has 0 radical (unpaired) electrons. The topological polar surface area (TPSA) is 56.1 Å². The SMILES string of the molecule is CC(=O)[C@@H](C[C@H]1N[C@H]1C[C@H](CC=O)C(C)C)C(C)C. The maximum Gasteiger partial charge on any atom is 0.133 e. The molecule has 1 saturated heterocycles. The van der Waals surface area contributed by atoms with Gasteiger partial charge < -0.3 is 10.1 Å². The largest absolute Gasteiger partial charge is 0.308 e. The molecule has 1 N–H and O–H groups in total.